The molecule has 0 aromatic heterocycles. The Hall–Kier alpha value is -2.98. The molecule has 1 aromatic rings. The highest BCUT2D eigenvalue weighted by Crippen LogP contribution is 2.21. The lowest BCUT2D eigenvalue weighted by atomic mass is 9.90. The molecule has 2 rings (SSSR count). The van der Waals surface area contributed by atoms with Gasteiger partial charge in [-0.25, -0.2) is 5.48 Å². The fraction of sp³-hybridized carbons (Fsp3) is 0.600. The Morgan fingerprint density at radius 3 is 2.54 bits per heavy atom. The topological polar surface area (TPSA) is 126 Å². The van der Waals surface area contributed by atoms with Gasteiger partial charge in [0.25, 0.3) is 5.91 Å². The Morgan fingerprint density at radius 2 is 1.89 bits per heavy atom. The van der Waals surface area contributed by atoms with Crippen LogP contribution in [-0.4, -0.2) is 67.9 Å². The first-order valence-electron chi connectivity index (χ1n) is 12.1. The SMILES string of the molecule is CNC(=O)[C@@H]1CCCCN(C)C(=O)CO[C@H](C(=O)NOCc2ccccc2)[C@@H](CC(C)C)C(=O)N1. The number of carbonyl (C=O) groups is 4. The number of nitrogens with zero attached hydrogens (tertiary/aromatic N) is 1. The molecule has 10 nitrogen and oxygen atoms in total. The lowest BCUT2D eigenvalue weighted by Crippen LogP contribution is -2.53. The highest BCUT2D eigenvalue weighted by Gasteiger charge is 2.37. The predicted octanol–water partition coefficient (Wildman–Crippen LogP) is 1.16. The summed E-state index contributed by atoms with van der Waals surface area (Å²) in [6.45, 7) is 4.09. The van der Waals surface area contributed by atoms with Crippen molar-refractivity contribution in [1.29, 1.82) is 0 Å². The molecule has 10 heteroatoms. The summed E-state index contributed by atoms with van der Waals surface area (Å²) in [7, 11) is 3.17. The minimum Gasteiger partial charge on any atom is -0.358 e. The number of amides is 4. The van der Waals surface area contributed by atoms with Crippen LogP contribution in [0.15, 0.2) is 30.3 Å². The molecule has 1 aliphatic heterocycles. The van der Waals surface area contributed by atoms with Crippen molar-refractivity contribution in [3.8, 4) is 0 Å². The molecule has 4 amide bonds. The van der Waals surface area contributed by atoms with Crippen LogP contribution in [0, 0.1) is 11.8 Å². The molecular weight excluding hydrogens is 452 g/mol. The number of hydroxylamine groups is 1. The quantitative estimate of drug-likeness (QED) is 0.493. The third kappa shape index (κ3) is 9.29. The summed E-state index contributed by atoms with van der Waals surface area (Å²) in [6.07, 6.45) is 0.755. The summed E-state index contributed by atoms with van der Waals surface area (Å²) in [5.41, 5.74) is 3.22. The van der Waals surface area contributed by atoms with E-state index >= 15 is 0 Å². The van der Waals surface area contributed by atoms with E-state index in [1.165, 1.54) is 11.9 Å². The number of likely N-dealkylation sites (N-methyl/N-ethyl adjacent to an activating group) is 2. The summed E-state index contributed by atoms with van der Waals surface area (Å²) < 4.78 is 5.76. The van der Waals surface area contributed by atoms with Gasteiger partial charge in [-0.1, -0.05) is 44.2 Å². The molecule has 194 valence electrons. The van der Waals surface area contributed by atoms with Crippen molar-refractivity contribution in [1.82, 2.24) is 21.0 Å². The molecule has 1 aliphatic rings. The normalized spacial score (nSPS) is 22.4. The zero-order valence-corrected chi connectivity index (χ0v) is 21.0. The second-order valence-corrected chi connectivity index (χ2v) is 9.19. The molecule has 0 spiro atoms. The average molecular weight is 491 g/mol. The molecule has 1 heterocycles. The zero-order chi connectivity index (χ0) is 25.8. The van der Waals surface area contributed by atoms with Gasteiger partial charge in [-0.3, -0.25) is 24.0 Å². The van der Waals surface area contributed by atoms with Crippen LogP contribution < -0.4 is 16.1 Å². The van der Waals surface area contributed by atoms with E-state index in [2.05, 4.69) is 16.1 Å². The van der Waals surface area contributed by atoms with Crippen molar-refractivity contribution in [2.75, 3.05) is 27.2 Å². The minimum atomic E-state index is -1.28. The maximum Gasteiger partial charge on any atom is 0.273 e. The Kier molecular flexibility index (Phi) is 11.6. The third-order valence-corrected chi connectivity index (χ3v) is 5.87. The van der Waals surface area contributed by atoms with Crippen molar-refractivity contribution in [2.24, 2.45) is 11.8 Å². The van der Waals surface area contributed by atoms with E-state index < -0.39 is 29.9 Å². The number of carbonyl (C=O) groups excluding carboxylic acids is 4. The van der Waals surface area contributed by atoms with Crippen LogP contribution in [0.3, 0.4) is 0 Å². The first-order chi connectivity index (χ1) is 16.7. The summed E-state index contributed by atoms with van der Waals surface area (Å²) in [5, 5.41) is 5.38. The maximum atomic E-state index is 13.4. The van der Waals surface area contributed by atoms with Crippen molar-refractivity contribution < 1.29 is 28.8 Å². The second kappa shape index (κ2) is 14.4. The smallest absolute Gasteiger partial charge is 0.273 e. The molecule has 0 unspecified atom stereocenters. The third-order valence-electron chi connectivity index (χ3n) is 5.87. The van der Waals surface area contributed by atoms with E-state index in [0.717, 1.165) is 5.56 Å². The fourth-order valence-electron chi connectivity index (χ4n) is 3.89. The van der Waals surface area contributed by atoms with Crippen molar-refractivity contribution in [2.45, 2.75) is 58.3 Å². The summed E-state index contributed by atoms with van der Waals surface area (Å²) >= 11 is 0. The lowest BCUT2D eigenvalue weighted by molar-refractivity contribution is -0.159. The lowest BCUT2D eigenvalue weighted by Gasteiger charge is -2.28. The highest BCUT2D eigenvalue weighted by molar-refractivity contribution is 5.92. The molecule has 0 radical (unpaired) electrons. The van der Waals surface area contributed by atoms with Gasteiger partial charge < -0.3 is 20.3 Å². The first-order valence-corrected chi connectivity index (χ1v) is 12.1. The second-order valence-electron chi connectivity index (χ2n) is 9.19. The molecule has 0 bridgehead atoms. The zero-order valence-electron chi connectivity index (χ0n) is 21.0. The van der Waals surface area contributed by atoms with Gasteiger partial charge in [0.15, 0.2) is 6.10 Å². The van der Waals surface area contributed by atoms with Gasteiger partial charge in [0.2, 0.25) is 17.7 Å². The molecular formula is C25H38N4O6. The average Bonchev–Trinajstić information content (AvgIpc) is 2.84. The molecule has 0 saturated carbocycles. The number of ether oxygens (including phenoxy) is 1. The van der Waals surface area contributed by atoms with Crippen LogP contribution in [0.5, 0.6) is 0 Å². The van der Waals surface area contributed by atoms with Crippen molar-refractivity contribution in [3.05, 3.63) is 35.9 Å². The van der Waals surface area contributed by atoms with Crippen LogP contribution in [-0.2, 0) is 35.4 Å². The molecule has 3 N–H and O–H groups in total. The Labute approximate surface area is 207 Å². The van der Waals surface area contributed by atoms with Gasteiger partial charge in [0.1, 0.15) is 12.6 Å². The minimum absolute atomic E-state index is 0.0439. The number of rotatable bonds is 7. The number of hydrogen-bond acceptors (Lipinski definition) is 6. The van der Waals surface area contributed by atoms with Gasteiger partial charge >= 0.3 is 0 Å². The summed E-state index contributed by atoms with van der Waals surface area (Å²) in [5.74, 6) is -2.63. The van der Waals surface area contributed by atoms with Gasteiger partial charge in [-0.15, -0.1) is 0 Å². The molecule has 3 atom stereocenters. The fourth-order valence-corrected chi connectivity index (χ4v) is 3.89. The van der Waals surface area contributed by atoms with E-state index in [-0.39, 0.29) is 30.9 Å². The standard InChI is InChI=1S/C25H38N4O6/c1-17(2)14-19-22(25(33)28-35-15-18-10-6-5-7-11-18)34-16-21(30)29(4)13-9-8-12-20(24(32)26-3)27-23(19)31/h5-7,10-11,17,19-20,22H,8-9,12-16H2,1-4H3,(H,26,32)(H,27,31)(H,28,33)/t19-,20+,22+/m1/s1. The molecule has 1 aromatic carbocycles. The molecule has 1 fully saturated rings. The number of nitrogens with one attached hydrogen (secondary N) is 3. The number of benzene rings is 1. The maximum absolute atomic E-state index is 13.4. The van der Waals surface area contributed by atoms with Crippen LogP contribution in [0.2, 0.25) is 0 Å². The Bertz CT molecular complexity index is 848. The Balaban J connectivity index is 2.26. The summed E-state index contributed by atoms with van der Waals surface area (Å²) in [4.78, 5) is 58.4. The molecule has 35 heavy (non-hydrogen) atoms. The highest BCUT2D eigenvalue weighted by atomic mass is 16.7. The predicted molar refractivity (Wildman–Crippen MR) is 130 cm³/mol. The van der Waals surface area contributed by atoms with Crippen molar-refractivity contribution in [3.63, 3.8) is 0 Å². The van der Waals surface area contributed by atoms with Crippen molar-refractivity contribution >= 4 is 23.6 Å². The van der Waals surface area contributed by atoms with E-state index in [9.17, 15) is 19.2 Å². The van der Waals surface area contributed by atoms with E-state index in [1.54, 1.807) is 7.05 Å². The largest absolute Gasteiger partial charge is 0.358 e. The van der Waals surface area contributed by atoms with Crippen LogP contribution in [0.4, 0.5) is 0 Å². The van der Waals surface area contributed by atoms with Gasteiger partial charge in [0.05, 0.1) is 12.5 Å². The molecule has 0 aliphatic carbocycles. The van der Waals surface area contributed by atoms with E-state index in [1.807, 2.05) is 44.2 Å². The van der Waals surface area contributed by atoms with Gasteiger partial charge in [-0.05, 0) is 37.2 Å². The monoisotopic (exact) mass is 490 g/mol. The number of hydrogen-bond donors (Lipinski definition) is 3. The van der Waals surface area contributed by atoms with E-state index in [0.29, 0.717) is 32.2 Å². The van der Waals surface area contributed by atoms with Crippen LogP contribution >= 0.6 is 0 Å². The van der Waals surface area contributed by atoms with Crippen LogP contribution in [0.1, 0.15) is 45.1 Å². The van der Waals surface area contributed by atoms with Gasteiger partial charge in [-0.2, -0.15) is 0 Å². The first kappa shape index (κ1) is 28.3. The summed E-state index contributed by atoms with van der Waals surface area (Å²) in [6, 6.07) is 8.54. The Morgan fingerprint density at radius 1 is 1.17 bits per heavy atom. The van der Waals surface area contributed by atoms with Gasteiger partial charge in [0, 0.05) is 20.6 Å². The van der Waals surface area contributed by atoms with E-state index in [4.69, 9.17) is 9.57 Å². The van der Waals surface area contributed by atoms with Crippen LogP contribution in [0.25, 0.3) is 0 Å². The molecule has 1 saturated heterocycles.